The number of rotatable bonds is 5. The summed E-state index contributed by atoms with van der Waals surface area (Å²) in [7, 11) is 0. The molecule has 0 fully saturated rings. The molecule has 4 nitrogen and oxygen atoms in total. The smallest absolute Gasteiger partial charge is 0.148 e. The number of hydrogen-bond donors (Lipinski definition) is 3. The van der Waals surface area contributed by atoms with Crippen LogP contribution in [0, 0.1) is 0 Å². The molecule has 0 amide bonds. The molecule has 1 atom stereocenters. The Balaban J connectivity index is 2.71. The number of nitrogens with two attached hydrogens (primary N) is 2. The van der Waals surface area contributed by atoms with Crippen molar-refractivity contribution in [3.8, 4) is 0 Å². The van der Waals surface area contributed by atoms with Gasteiger partial charge >= 0.3 is 0 Å². The highest BCUT2D eigenvalue weighted by Crippen LogP contribution is 2.20. The van der Waals surface area contributed by atoms with Gasteiger partial charge in [0.2, 0.25) is 0 Å². The summed E-state index contributed by atoms with van der Waals surface area (Å²) in [6.07, 6.45) is 0.803. The zero-order valence-electron chi connectivity index (χ0n) is 9.79. The van der Waals surface area contributed by atoms with Crippen molar-refractivity contribution in [2.24, 2.45) is 5.73 Å². The van der Waals surface area contributed by atoms with Crippen LogP contribution < -0.4 is 16.8 Å². The van der Waals surface area contributed by atoms with Gasteiger partial charge in [0.1, 0.15) is 5.78 Å². The van der Waals surface area contributed by atoms with Crippen molar-refractivity contribution in [2.75, 3.05) is 17.6 Å². The highest BCUT2D eigenvalue weighted by molar-refractivity contribution is 5.81. The van der Waals surface area contributed by atoms with Gasteiger partial charge in [-0.15, -0.1) is 0 Å². The van der Waals surface area contributed by atoms with Gasteiger partial charge in [0.25, 0.3) is 0 Å². The standard InChI is InChI=1S/C12H19N3O/c1-8(13)5-10-3-4-12(11(14)6-10)15-7-9(2)16/h3-4,6,8,15H,5,7,13-14H2,1-2H3. The number of ketones is 1. The molecule has 1 rings (SSSR count). The van der Waals surface area contributed by atoms with E-state index < -0.39 is 0 Å². The fourth-order valence-corrected chi connectivity index (χ4v) is 1.49. The van der Waals surface area contributed by atoms with Gasteiger partial charge in [-0.05, 0) is 38.0 Å². The average molecular weight is 221 g/mol. The average Bonchev–Trinajstić information content (AvgIpc) is 2.15. The summed E-state index contributed by atoms with van der Waals surface area (Å²) in [5.74, 6) is 0.0825. The van der Waals surface area contributed by atoms with Gasteiger partial charge in [-0.3, -0.25) is 4.79 Å². The summed E-state index contributed by atoms with van der Waals surface area (Å²) >= 11 is 0. The van der Waals surface area contributed by atoms with Crippen LogP contribution in [0.25, 0.3) is 0 Å². The van der Waals surface area contributed by atoms with Gasteiger partial charge in [-0.1, -0.05) is 6.07 Å². The molecule has 1 aromatic rings. The molecule has 0 aliphatic carbocycles. The van der Waals surface area contributed by atoms with E-state index in [1.165, 1.54) is 6.92 Å². The highest BCUT2D eigenvalue weighted by atomic mass is 16.1. The van der Waals surface area contributed by atoms with E-state index in [9.17, 15) is 4.79 Å². The Hall–Kier alpha value is -1.55. The molecule has 0 heterocycles. The number of carbonyl (C=O) groups excluding carboxylic acids is 1. The molecule has 0 aromatic heterocycles. The van der Waals surface area contributed by atoms with Gasteiger partial charge in [0.15, 0.2) is 0 Å². The van der Waals surface area contributed by atoms with Crippen LogP contribution in [0.1, 0.15) is 19.4 Å². The molecule has 1 aromatic carbocycles. The van der Waals surface area contributed by atoms with Gasteiger partial charge in [0, 0.05) is 6.04 Å². The van der Waals surface area contributed by atoms with E-state index in [4.69, 9.17) is 11.5 Å². The van der Waals surface area contributed by atoms with Gasteiger partial charge in [-0.2, -0.15) is 0 Å². The summed E-state index contributed by atoms with van der Waals surface area (Å²) in [5, 5.41) is 2.99. The molecule has 0 aliphatic heterocycles. The number of hydrogen-bond acceptors (Lipinski definition) is 4. The summed E-state index contributed by atoms with van der Waals surface area (Å²) in [5.41, 5.74) is 14.1. The second-order valence-corrected chi connectivity index (χ2v) is 4.16. The van der Waals surface area contributed by atoms with Crippen LogP contribution in [0.2, 0.25) is 0 Å². The first-order valence-electron chi connectivity index (χ1n) is 5.36. The van der Waals surface area contributed by atoms with Gasteiger partial charge < -0.3 is 16.8 Å². The Morgan fingerprint density at radius 1 is 1.50 bits per heavy atom. The van der Waals surface area contributed by atoms with Crippen molar-refractivity contribution < 1.29 is 4.79 Å². The van der Waals surface area contributed by atoms with E-state index in [0.717, 1.165) is 17.7 Å². The fraction of sp³-hybridized carbons (Fsp3) is 0.417. The maximum absolute atomic E-state index is 10.8. The van der Waals surface area contributed by atoms with Crippen molar-refractivity contribution >= 4 is 17.2 Å². The molecule has 4 heteroatoms. The van der Waals surface area contributed by atoms with E-state index >= 15 is 0 Å². The maximum Gasteiger partial charge on any atom is 0.148 e. The third-order valence-corrected chi connectivity index (χ3v) is 2.20. The van der Waals surface area contributed by atoms with Crippen LogP contribution in [0.5, 0.6) is 0 Å². The van der Waals surface area contributed by atoms with Crippen LogP contribution in [-0.4, -0.2) is 18.4 Å². The number of nitrogen functional groups attached to an aromatic ring is 1. The zero-order chi connectivity index (χ0) is 12.1. The van der Waals surface area contributed by atoms with Crippen LogP contribution in [-0.2, 0) is 11.2 Å². The molecule has 0 aliphatic rings. The predicted molar refractivity (Wildman–Crippen MR) is 67.4 cm³/mol. The fourth-order valence-electron chi connectivity index (χ4n) is 1.49. The minimum atomic E-state index is 0.0825. The second kappa shape index (κ2) is 5.51. The summed E-state index contributed by atoms with van der Waals surface area (Å²) in [4.78, 5) is 10.8. The molecule has 0 saturated carbocycles. The molecule has 5 N–H and O–H groups in total. The lowest BCUT2D eigenvalue weighted by Crippen LogP contribution is -2.18. The van der Waals surface area contributed by atoms with E-state index in [1.807, 2.05) is 25.1 Å². The summed E-state index contributed by atoms with van der Waals surface area (Å²) in [6.45, 7) is 3.79. The molecule has 16 heavy (non-hydrogen) atoms. The monoisotopic (exact) mass is 221 g/mol. The minimum absolute atomic E-state index is 0.0825. The van der Waals surface area contributed by atoms with Crippen molar-refractivity contribution in [1.29, 1.82) is 0 Å². The lowest BCUT2D eigenvalue weighted by Gasteiger charge is -2.11. The highest BCUT2D eigenvalue weighted by Gasteiger charge is 2.03. The van der Waals surface area contributed by atoms with Crippen LogP contribution in [0.15, 0.2) is 18.2 Å². The maximum atomic E-state index is 10.8. The normalized spacial score (nSPS) is 12.2. The topological polar surface area (TPSA) is 81.1 Å². The molecular formula is C12H19N3O. The number of Topliss-reactive ketones (excluding diaryl/α,β-unsaturated/α-hetero) is 1. The van der Waals surface area contributed by atoms with E-state index in [1.54, 1.807) is 0 Å². The number of benzene rings is 1. The first-order valence-corrected chi connectivity index (χ1v) is 5.36. The van der Waals surface area contributed by atoms with Crippen LogP contribution in [0.3, 0.4) is 0 Å². The first kappa shape index (κ1) is 12.5. The summed E-state index contributed by atoms with van der Waals surface area (Å²) in [6, 6.07) is 5.87. The Kier molecular flexibility index (Phi) is 4.31. The second-order valence-electron chi connectivity index (χ2n) is 4.16. The largest absolute Gasteiger partial charge is 0.397 e. The molecule has 88 valence electrons. The van der Waals surface area contributed by atoms with Crippen LogP contribution in [0.4, 0.5) is 11.4 Å². The van der Waals surface area contributed by atoms with Crippen molar-refractivity contribution in [2.45, 2.75) is 26.3 Å². The Labute approximate surface area is 96.0 Å². The molecule has 1 unspecified atom stereocenters. The van der Waals surface area contributed by atoms with Gasteiger partial charge in [-0.25, -0.2) is 0 Å². The minimum Gasteiger partial charge on any atom is -0.397 e. The molecule has 0 saturated heterocycles. The van der Waals surface area contributed by atoms with E-state index in [2.05, 4.69) is 5.32 Å². The Bertz CT molecular complexity index is 375. The Morgan fingerprint density at radius 3 is 2.69 bits per heavy atom. The van der Waals surface area contributed by atoms with Crippen molar-refractivity contribution in [1.82, 2.24) is 0 Å². The zero-order valence-corrected chi connectivity index (χ0v) is 9.79. The van der Waals surface area contributed by atoms with Gasteiger partial charge in [0.05, 0.1) is 17.9 Å². The van der Waals surface area contributed by atoms with Crippen LogP contribution >= 0.6 is 0 Å². The molecule has 0 radical (unpaired) electrons. The number of nitrogens with one attached hydrogen (secondary N) is 1. The van der Waals surface area contributed by atoms with E-state index in [0.29, 0.717) is 12.2 Å². The third kappa shape index (κ3) is 3.90. The Morgan fingerprint density at radius 2 is 2.19 bits per heavy atom. The molecule has 0 bridgehead atoms. The number of carbonyl (C=O) groups is 1. The predicted octanol–water partition coefficient (Wildman–Crippen LogP) is 1.16. The molecular weight excluding hydrogens is 202 g/mol. The van der Waals surface area contributed by atoms with E-state index in [-0.39, 0.29) is 11.8 Å². The third-order valence-electron chi connectivity index (χ3n) is 2.20. The first-order chi connectivity index (χ1) is 7.49. The van der Waals surface area contributed by atoms with Crippen molar-refractivity contribution in [3.63, 3.8) is 0 Å². The summed E-state index contributed by atoms with van der Waals surface area (Å²) < 4.78 is 0. The SMILES string of the molecule is CC(=O)CNc1ccc(CC(C)N)cc1N. The molecule has 0 spiro atoms. The van der Waals surface area contributed by atoms with Crippen molar-refractivity contribution in [3.05, 3.63) is 23.8 Å². The lowest BCUT2D eigenvalue weighted by atomic mass is 10.1. The number of anilines is 2. The lowest BCUT2D eigenvalue weighted by molar-refractivity contribution is -0.115. The quantitative estimate of drug-likeness (QED) is 0.652.